The zero-order valence-electron chi connectivity index (χ0n) is 19.2. The van der Waals surface area contributed by atoms with Gasteiger partial charge in [-0.2, -0.15) is 0 Å². The Morgan fingerprint density at radius 3 is 2.21 bits per heavy atom. The lowest BCUT2D eigenvalue weighted by Gasteiger charge is -2.29. The van der Waals surface area contributed by atoms with Gasteiger partial charge in [-0.1, -0.05) is 12.1 Å². The third kappa shape index (κ3) is 7.45. The van der Waals surface area contributed by atoms with Crippen molar-refractivity contribution >= 4 is 27.5 Å². The van der Waals surface area contributed by atoms with Crippen LogP contribution in [-0.4, -0.2) is 58.1 Å². The number of carbonyl (C=O) groups is 2. The molecule has 10 heteroatoms. The van der Waals surface area contributed by atoms with E-state index in [9.17, 15) is 22.4 Å². The summed E-state index contributed by atoms with van der Waals surface area (Å²) in [6, 6.07) is 11.6. The van der Waals surface area contributed by atoms with Crippen LogP contribution in [0.3, 0.4) is 0 Å². The summed E-state index contributed by atoms with van der Waals surface area (Å²) in [7, 11) is -0.567. The zero-order valence-corrected chi connectivity index (χ0v) is 20.1. The molecule has 1 unspecified atom stereocenters. The Balaban J connectivity index is 2.13. The maximum absolute atomic E-state index is 13.2. The van der Waals surface area contributed by atoms with Crippen molar-refractivity contribution in [3.63, 3.8) is 0 Å². The van der Waals surface area contributed by atoms with Crippen LogP contribution in [0.1, 0.15) is 25.3 Å². The Labute approximate surface area is 194 Å². The van der Waals surface area contributed by atoms with E-state index in [-0.39, 0.29) is 37.7 Å². The van der Waals surface area contributed by atoms with Gasteiger partial charge in [-0.15, -0.1) is 0 Å². The van der Waals surface area contributed by atoms with E-state index < -0.39 is 21.9 Å². The molecular formula is C23H30FN3O5S. The van der Waals surface area contributed by atoms with Crippen molar-refractivity contribution in [2.24, 2.45) is 0 Å². The molecule has 2 amide bonds. The molecule has 0 saturated carbocycles. The first-order valence-electron chi connectivity index (χ1n) is 10.4. The molecule has 1 atom stereocenters. The van der Waals surface area contributed by atoms with Crippen LogP contribution in [0.4, 0.5) is 10.1 Å². The van der Waals surface area contributed by atoms with Gasteiger partial charge in [0.15, 0.2) is 0 Å². The van der Waals surface area contributed by atoms with Crippen molar-refractivity contribution in [3.8, 4) is 5.75 Å². The van der Waals surface area contributed by atoms with Crippen LogP contribution < -0.4 is 14.4 Å². The predicted octanol–water partition coefficient (Wildman–Crippen LogP) is 2.54. The quantitative estimate of drug-likeness (QED) is 0.534. The first-order chi connectivity index (χ1) is 15.6. The van der Waals surface area contributed by atoms with Crippen LogP contribution in [0.25, 0.3) is 0 Å². The average molecular weight is 480 g/mol. The number of anilines is 1. The summed E-state index contributed by atoms with van der Waals surface area (Å²) in [6.45, 7) is 1.90. The molecule has 2 aromatic rings. The Bertz CT molecular complexity index is 1040. The Kier molecular flexibility index (Phi) is 9.22. The van der Waals surface area contributed by atoms with E-state index >= 15 is 0 Å². The number of hydrogen-bond donors (Lipinski definition) is 1. The van der Waals surface area contributed by atoms with Gasteiger partial charge < -0.3 is 15.0 Å². The highest BCUT2D eigenvalue weighted by atomic mass is 32.2. The second-order valence-corrected chi connectivity index (χ2v) is 9.48. The molecule has 33 heavy (non-hydrogen) atoms. The number of rotatable bonds is 11. The SMILES string of the molecule is CNC(=O)C(C)N(Cc1ccc(OC)cc1)C(=O)CCCN(c1ccc(F)cc1)S(C)(=O)=O. The number of sulfonamides is 1. The number of benzene rings is 2. The van der Waals surface area contributed by atoms with Crippen molar-refractivity contribution in [2.75, 3.05) is 31.3 Å². The van der Waals surface area contributed by atoms with Crippen LogP contribution in [0.5, 0.6) is 5.75 Å². The molecule has 0 spiro atoms. The molecule has 180 valence electrons. The molecule has 0 aliphatic rings. The van der Waals surface area contributed by atoms with Crippen molar-refractivity contribution in [1.82, 2.24) is 10.2 Å². The number of nitrogens with zero attached hydrogens (tertiary/aromatic N) is 2. The van der Waals surface area contributed by atoms with Crippen LogP contribution >= 0.6 is 0 Å². The van der Waals surface area contributed by atoms with Gasteiger partial charge in [0.2, 0.25) is 21.8 Å². The molecule has 0 heterocycles. The third-order valence-corrected chi connectivity index (χ3v) is 6.39. The van der Waals surface area contributed by atoms with Crippen LogP contribution in [0.2, 0.25) is 0 Å². The third-order valence-electron chi connectivity index (χ3n) is 5.19. The molecule has 0 radical (unpaired) electrons. The molecule has 0 aliphatic heterocycles. The smallest absolute Gasteiger partial charge is 0.242 e. The summed E-state index contributed by atoms with van der Waals surface area (Å²) >= 11 is 0. The highest BCUT2D eigenvalue weighted by Gasteiger charge is 2.26. The number of ether oxygens (including phenoxy) is 1. The largest absolute Gasteiger partial charge is 0.497 e. The molecule has 0 aromatic heterocycles. The normalized spacial score (nSPS) is 12.0. The van der Waals surface area contributed by atoms with Crippen molar-refractivity contribution < 1.29 is 27.1 Å². The minimum Gasteiger partial charge on any atom is -0.497 e. The number of methoxy groups -OCH3 is 1. The Morgan fingerprint density at radius 2 is 1.70 bits per heavy atom. The van der Waals surface area contributed by atoms with Gasteiger partial charge in [0, 0.05) is 26.6 Å². The van der Waals surface area contributed by atoms with E-state index in [2.05, 4.69) is 5.32 Å². The summed E-state index contributed by atoms with van der Waals surface area (Å²) in [5.74, 6) is -0.382. The van der Waals surface area contributed by atoms with Crippen LogP contribution in [0.15, 0.2) is 48.5 Å². The summed E-state index contributed by atoms with van der Waals surface area (Å²) < 4.78 is 44.0. The lowest BCUT2D eigenvalue weighted by atomic mass is 10.1. The van der Waals surface area contributed by atoms with E-state index in [0.717, 1.165) is 16.1 Å². The second-order valence-electron chi connectivity index (χ2n) is 7.58. The fourth-order valence-electron chi connectivity index (χ4n) is 3.33. The monoisotopic (exact) mass is 479 g/mol. The number of nitrogens with one attached hydrogen (secondary N) is 1. The van der Waals surface area contributed by atoms with Gasteiger partial charge in [0.1, 0.15) is 17.6 Å². The van der Waals surface area contributed by atoms with Crippen molar-refractivity contribution in [3.05, 3.63) is 59.9 Å². The maximum atomic E-state index is 13.2. The standard InChI is InChI=1S/C23H30FN3O5S/c1-17(23(29)25-2)26(16-18-7-13-21(32-3)14-8-18)22(28)6-5-15-27(33(4,30)31)20-11-9-19(24)10-12-20/h7-14,17H,5-6,15-16H2,1-4H3,(H,25,29). The van der Waals surface area contributed by atoms with Crippen molar-refractivity contribution in [2.45, 2.75) is 32.4 Å². The fourth-order valence-corrected chi connectivity index (χ4v) is 4.30. The lowest BCUT2D eigenvalue weighted by Crippen LogP contribution is -2.46. The first-order valence-corrected chi connectivity index (χ1v) is 12.3. The first kappa shape index (κ1) is 26.1. The van der Waals surface area contributed by atoms with Gasteiger partial charge in [-0.25, -0.2) is 12.8 Å². The summed E-state index contributed by atoms with van der Waals surface area (Å²) in [4.78, 5) is 26.7. The average Bonchev–Trinajstić information content (AvgIpc) is 2.79. The highest BCUT2D eigenvalue weighted by Crippen LogP contribution is 2.20. The van der Waals surface area contributed by atoms with Gasteiger partial charge in [-0.05, 0) is 55.3 Å². The van der Waals surface area contributed by atoms with Gasteiger partial charge in [0.25, 0.3) is 0 Å². The fraction of sp³-hybridized carbons (Fsp3) is 0.391. The molecule has 2 aromatic carbocycles. The number of halogens is 1. The minimum absolute atomic E-state index is 0.0324. The summed E-state index contributed by atoms with van der Waals surface area (Å²) in [6.07, 6.45) is 1.31. The molecule has 2 rings (SSSR count). The van der Waals surface area contributed by atoms with E-state index in [1.54, 1.807) is 26.2 Å². The second kappa shape index (κ2) is 11.6. The maximum Gasteiger partial charge on any atom is 0.242 e. The van der Waals surface area contributed by atoms with E-state index in [1.807, 2.05) is 12.1 Å². The molecule has 0 saturated heterocycles. The zero-order chi connectivity index (χ0) is 24.6. The van der Waals surface area contributed by atoms with Gasteiger partial charge in [-0.3, -0.25) is 13.9 Å². The molecule has 0 aliphatic carbocycles. The Hall–Kier alpha value is -3.14. The van der Waals surface area contributed by atoms with Crippen LogP contribution in [-0.2, 0) is 26.2 Å². The number of carbonyl (C=O) groups excluding carboxylic acids is 2. The molecule has 8 nitrogen and oxygen atoms in total. The molecule has 1 N–H and O–H groups in total. The summed E-state index contributed by atoms with van der Waals surface area (Å²) in [5.41, 5.74) is 1.14. The number of likely N-dealkylation sites (N-methyl/N-ethyl adjacent to an activating group) is 1. The topological polar surface area (TPSA) is 96.0 Å². The van der Waals surface area contributed by atoms with E-state index in [0.29, 0.717) is 11.4 Å². The Morgan fingerprint density at radius 1 is 1.09 bits per heavy atom. The predicted molar refractivity (Wildman–Crippen MR) is 125 cm³/mol. The van der Waals surface area contributed by atoms with E-state index in [4.69, 9.17) is 4.74 Å². The summed E-state index contributed by atoms with van der Waals surface area (Å²) in [5, 5.41) is 2.55. The highest BCUT2D eigenvalue weighted by molar-refractivity contribution is 7.92. The van der Waals surface area contributed by atoms with Gasteiger partial charge >= 0.3 is 0 Å². The van der Waals surface area contributed by atoms with Crippen molar-refractivity contribution in [1.29, 1.82) is 0 Å². The molecule has 0 bridgehead atoms. The minimum atomic E-state index is -3.63. The van der Waals surface area contributed by atoms with E-state index in [1.165, 1.54) is 36.2 Å². The number of hydrogen-bond acceptors (Lipinski definition) is 5. The van der Waals surface area contributed by atoms with Crippen LogP contribution in [0, 0.1) is 5.82 Å². The lowest BCUT2D eigenvalue weighted by molar-refractivity contribution is -0.140. The van der Waals surface area contributed by atoms with Gasteiger partial charge in [0.05, 0.1) is 19.1 Å². The molecular weight excluding hydrogens is 449 g/mol. The number of amides is 2. The molecule has 0 fully saturated rings.